The molecule has 2 aliphatic rings. The molecule has 0 unspecified atom stereocenters. The summed E-state index contributed by atoms with van der Waals surface area (Å²) >= 11 is 0. The fourth-order valence-corrected chi connectivity index (χ4v) is 4.47. The number of halogens is 6. The number of hydrogen-bond donors (Lipinski definition) is 1. The topological polar surface area (TPSA) is 114 Å². The summed E-state index contributed by atoms with van der Waals surface area (Å²) in [6.07, 6.45) is -7.17. The number of aromatic nitrogens is 4. The van der Waals surface area contributed by atoms with Crippen LogP contribution in [0.2, 0.25) is 0 Å². The zero-order valence-corrected chi connectivity index (χ0v) is 20.1. The average Bonchev–Trinajstić information content (AvgIpc) is 3.21. The summed E-state index contributed by atoms with van der Waals surface area (Å²) in [5, 5.41) is 5.06. The molecule has 2 fully saturated rings. The zero-order valence-electron chi connectivity index (χ0n) is 20.1. The van der Waals surface area contributed by atoms with E-state index >= 15 is 0 Å². The Hall–Kier alpha value is -3.43. The van der Waals surface area contributed by atoms with Gasteiger partial charge in [0.2, 0.25) is 0 Å². The molecule has 0 aromatic carbocycles. The molecule has 2 aromatic heterocycles. The summed E-state index contributed by atoms with van der Waals surface area (Å²) in [4.78, 5) is 35.2. The Morgan fingerprint density at radius 3 is 2.32 bits per heavy atom. The van der Waals surface area contributed by atoms with Gasteiger partial charge in [0, 0.05) is 32.1 Å². The van der Waals surface area contributed by atoms with Gasteiger partial charge in [0.25, 0.3) is 11.5 Å². The van der Waals surface area contributed by atoms with Gasteiger partial charge in [-0.15, -0.1) is 0 Å². The molecule has 38 heavy (non-hydrogen) atoms. The summed E-state index contributed by atoms with van der Waals surface area (Å²) in [6, 6.07) is -0.0973. The van der Waals surface area contributed by atoms with Crippen LogP contribution in [0.5, 0.6) is 5.75 Å². The van der Waals surface area contributed by atoms with Crippen LogP contribution in [0, 0.1) is 0 Å². The van der Waals surface area contributed by atoms with E-state index in [1.165, 1.54) is 6.92 Å². The minimum atomic E-state index is -4.94. The van der Waals surface area contributed by atoms with Crippen LogP contribution in [0.15, 0.2) is 23.4 Å². The van der Waals surface area contributed by atoms with Crippen molar-refractivity contribution in [1.82, 2.24) is 25.1 Å². The summed E-state index contributed by atoms with van der Waals surface area (Å²) in [6.45, 7) is 2.62. The molecule has 2 atom stereocenters. The fourth-order valence-electron chi connectivity index (χ4n) is 4.47. The minimum absolute atomic E-state index is 0.0973. The number of aromatic amines is 1. The first-order valence-electron chi connectivity index (χ1n) is 11.7. The minimum Gasteiger partial charge on any atom is -0.486 e. The number of nitrogens with one attached hydrogen (secondary N) is 1. The van der Waals surface area contributed by atoms with Crippen LogP contribution >= 0.6 is 0 Å². The molecule has 2 aliphatic heterocycles. The monoisotopic (exact) mass is 550 g/mol. The Kier molecular flexibility index (Phi) is 7.80. The van der Waals surface area contributed by atoms with E-state index < -0.39 is 47.1 Å². The van der Waals surface area contributed by atoms with Crippen molar-refractivity contribution in [3.8, 4) is 5.75 Å². The van der Waals surface area contributed by atoms with Crippen LogP contribution in [0.25, 0.3) is 0 Å². The molecule has 16 heteroatoms. The summed E-state index contributed by atoms with van der Waals surface area (Å²) < 4.78 is 88.5. The van der Waals surface area contributed by atoms with Crippen molar-refractivity contribution in [2.75, 3.05) is 31.1 Å². The average molecular weight is 550 g/mol. The SMILES string of the molecule is C[C@@H](CO[C@@H]1CCN(C2CCN(c3cnc(C(F)(F)F)cn3)CC2)C1=O)Oc1cn[nH]c(=O)c1C(F)(F)F. The van der Waals surface area contributed by atoms with Gasteiger partial charge in [-0.25, -0.2) is 15.1 Å². The molecule has 1 amide bonds. The number of ether oxygens (including phenoxy) is 2. The maximum absolute atomic E-state index is 13.2. The van der Waals surface area contributed by atoms with Crippen LogP contribution < -0.4 is 15.2 Å². The number of rotatable bonds is 7. The molecule has 0 saturated carbocycles. The number of carbonyl (C=O) groups excluding carboxylic acids is 1. The largest absolute Gasteiger partial charge is 0.486 e. The van der Waals surface area contributed by atoms with Gasteiger partial charge in [-0.1, -0.05) is 0 Å². The Morgan fingerprint density at radius 1 is 1.00 bits per heavy atom. The number of hydrogen-bond acceptors (Lipinski definition) is 8. The molecule has 0 spiro atoms. The van der Waals surface area contributed by atoms with E-state index in [1.807, 2.05) is 0 Å². The number of amides is 1. The third-order valence-corrected chi connectivity index (χ3v) is 6.31. The molecule has 4 rings (SSSR count). The second kappa shape index (κ2) is 10.7. The first kappa shape index (κ1) is 27.6. The van der Waals surface area contributed by atoms with Crippen LogP contribution in [-0.2, 0) is 21.9 Å². The number of likely N-dealkylation sites (tertiary alicyclic amines) is 1. The van der Waals surface area contributed by atoms with E-state index in [1.54, 1.807) is 14.9 Å². The highest BCUT2D eigenvalue weighted by Crippen LogP contribution is 2.33. The van der Waals surface area contributed by atoms with Gasteiger partial charge >= 0.3 is 12.4 Å². The van der Waals surface area contributed by atoms with Crippen molar-refractivity contribution in [2.45, 2.75) is 56.8 Å². The van der Waals surface area contributed by atoms with Crippen LogP contribution in [-0.4, -0.2) is 75.5 Å². The van der Waals surface area contributed by atoms with Gasteiger partial charge in [0.1, 0.15) is 18.0 Å². The second-order valence-corrected chi connectivity index (χ2v) is 8.98. The van der Waals surface area contributed by atoms with Gasteiger partial charge in [-0.2, -0.15) is 31.4 Å². The smallest absolute Gasteiger partial charge is 0.434 e. The molecule has 1 N–H and O–H groups in total. The lowest BCUT2D eigenvalue weighted by Crippen LogP contribution is -2.47. The molecule has 10 nitrogen and oxygen atoms in total. The summed E-state index contributed by atoms with van der Waals surface area (Å²) in [5.74, 6) is -0.663. The molecule has 208 valence electrons. The van der Waals surface area contributed by atoms with Crippen molar-refractivity contribution in [3.05, 3.63) is 40.2 Å². The molecule has 2 aromatic rings. The highest BCUT2D eigenvalue weighted by atomic mass is 19.4. The van der Waals surface area contributed by atoms with E-state index in [0.717, 1.165) is 12.4 Å². The summed E-state index contributed by atoms with van der Waals surface area (Å²) in [7, 11) is 0. The van der Waals surface area contributed by atoms with Crippen LogP contribution in [0.4, 0.5) is 32.2 Å². The van der Waals surface area contributed by atoms with Gasteiger partial charge in [-0.3, -0.25) is 9.59 Å². The molecule has 2 saturated heterocycles. The van der Waals surface area contributed by atoms with Crippen molar-refractivity contribution < 1.29 is 40.6 Å². The van der Waals surface area contributed by atoms with Gasteiger partial charge in [0.05, 0.1) is 25.2 Å². The predicted octanol–water partition coefficient (Wildman–Crippen LogP) is 2.65. The van der Waals surface area contributed by atoms with E-state index in [0.29, 0.717) is 50.9 Å². The quantitative estimate of drug-likeness (QED) is 0.524. The van der Waals surface area contributed by atoms with Crippen molar-refractivity contribution in [2.24, 2.45) is 0 Å². The first-order valence-corrected chi connectivity index (χ1v) is 11.7. The molecule has 0 aliphatic carbocycles. The van der Waals surface area contributed by atoms with Crippen LogP contribution in [0.1, 0.15) is 37.4 Å². The second-order valence-electron chi connectivity index (χ2n) is 8.98. The van der Waals surface area contributed by atoms with Crippen molar-refractivity contribution >= 4 is 11.7 Å². The lowest BCUT2D eigenvalue weighted by Gasteiger charge is -2.37. The normalized spacial score (nSPS) is 20.2. The van der Waals surface area contributed by atoms with E-state index in [-0.39, 0.29) is 18.6 Å². The Bertz CT molecular complexity index is 1180. The lowest BCUT2D eigenvalue weighted by atomic mass is 10.0. The molecule has 0 bridgehead atoms. The maximum Gasteiger partial charge on any atom is 0.434 e. The van der Waals surface area contributed by atoms with Crippen molar-refractivity contribution in [3.63, 3.8) is 0 Å². The number of carbonyl (C=O) groups is 1. The Labute approximate surface area is 211 Å². The molecule has 4 heterocycles. The fraction of sp³-hybridized carbons (Fsp3) is 0.591. The molecular weight excluding hydrogens is 526 g/mol. The number of anilines is 1. The zero-order chi connectivity index (χ0) is 27.7. The predicted molar refractivity (Wildman–Crippen MR) is 118 cm³/mol. The van der Waals surface area contributed by atoms with Gasteiger partial charge in [-0.05, 0) is 19.8 Å². The van der Waals surface area contributed by atoms with Gasteiger partial charge < -0.3 is 19.3 Å². The maximum atomic E-state index is 13.2. The third-order valence-electron chi connectivity index (χ3n) is 6.31. The molecular formula is C22H24F6N6O4. The van der Waals surface area contributed by atoms with Crippen molar-refractivity contribution in [1.29, 1.82) is 0 Å². The summed E-state index contributed by atoms with van der Waals surface area (Å²) in [5.41, 5.74) is -4.00. The van der Waals surface area contributed by atoms with Crippen LogP contribution in [0.3, 0.4) is 0 Å². The first-order chi connectivity index (χ1) is 17.8. The number of H-pyrrole nitrogens is 1. The lowest BCUT2D eigenvalue weighted by molar-refractivity contribution is -0.142. The number of nitrogens with zero attached hydrogens (tertiary/aromatic N) is 5. The Morgan fingerprint density at radius 2 is 1.71 bits per heavy atom. The highest BCUT2D eigenvalue weighted by molar-refractivity contribution is 5.83. The number of piperidine rings is 1. The Balaban J connectivity index is 1.27. The van der Waals surface area contributed by atoms with Gasteiger partial charge in [0.15, 0.2) is 17.0 Å². The highest BCUT2D eigenvalue weighted by Gasteiger charge is 2.40. The third kappa shape index (κ3) is 6.16. The van der Waals surface area contributed by atoms with E-state index in [2.05, 4.69) is 15.1 Å². The standard InChI is InChI=1S/C22H24F6N6O4/c1-12(38-15-8-31-32-19(35)18(15)22(26,27)28)11-37-14-4-7-34(20(14)36)13-2-5-33(6-3-13)17-10-29-16(9-30-17)21(23,24)25/h8-10,12-14H,2-7,11H2,1H3,(H,32,35)/t12-,14+/m0/s1. The number of alkyl halides is 6. The molecule has 0 radical (unpaired) electrons. The van der Waals surface area contributed by atoms with E-state index in [4.69, 9.17) is 9.47 Å². The van der Waals surface area contributed by atoms with E-state index in [9.17, 15) is 35.9 Å².